The predicted molar refractivity (Wildman–Crippen MR) is 98.9 cm³/mol. The number of piperidine rings is 1. The summed E-state index contributed by atoms with van der Waals surface area (Å²) in [5.74, 6) is 2.98. The Hall–Kier alpha value is -2.15. The Kier molecular flexibility index (Phi) is 5.22. The number of imidazole rings is 1. The lowest BCUT2D eigenvalue weighted by Gasteiger charge is -2.35. The van der Waals surface area contributed by atoms with Gasteiger partial charge in [0.15, 0.2) is 0 Å². The molecule has 2 N–H and O–H groups in total. The average molecular weight is 344 g/mol. The summed E-state index contributed by atoms with van der Waals surface area (Å²) in [4.78, 5) is 20.8. The molecule has 0 saturated carbocycles. The molecule has 0 bridgehead atoms. The lowest BCUT2D eigenvalue weighted by molar-refractivity contribution is 0.0856. The number of nitrogens with one attached hydrogen (secondary N) is 1. The molecule has 0 radical (unpaired) electrons. The summed E-state index contributed by atoms with van der Waals surface area (Å²) in [6.07, 6.45) is 4.75. The van der Waals surface area contributed by atoms with E-state index in [-0.39, 0.29) is 5.92 Å². The van der Waals surface area contributed by atoms with E-state index in [1.54, 1.807) is 12.4 Å². The van der Waals surface area contributed by atoms with Gasteiger partial charge in [-0.2, -0.15) is 4.98 Å². The third kappa shape index (κ3) is 3.92. The van der Waals surface area contributed by atoms with Gasteiger partial charge in [0.25, 0.3) is 0 Å². The second-order valence-electron chi connectivity index (χ2n) is 7.24. The van der Waals surface area contributed by atoms with Crippen molar-refractivity contribution in [3.63, 3.8) is 0 Å². The van der Waals surface area contributed by atoms with Crippen LogP contribution in [0.4, 0.5) is 11.8 Å². The maximum Gasteiger partial charge on any atom is 0.227 e. The van der Waals surface area contributed by atoms with E-state index in [1.807, 2.05) is 19.0 Å². The molecule has 136 valence electrons. The third-order valence-corrected chi connectivity index (χ3v) is 4.82. The van der Waals surface area contributed by atoms with Crippen molar-refractivity contribution in [3.8, 4) is 0 Å². The van der Waals surface area contributed by atoms with E-state index >= 15 is 0 Å². The summed E-state index contributed by atoms with van der Waals surface area (Å²) in [5.41, 5.74) is 1.06. The highest BCUT2D eigenvalue weighted by Crippen LogP contribution is 2.31. The second kappa shape index (κ2) is 7.39. The summed E-state index contributed by atoms with van der Waals surface area (Å²) in [6.45, 7) is 6.06. The van der Waals surface area contributed by atoms with E-state index in [2.05, 4.69) is 39.8 Å². The first-order valence-electron chi connectivity index (χ1n) is 8.94. The molecule has 1 fully saturated rings. The number of rotatable bonds is 5. The van der Waals surface area contributed by atoms with Gasteiger partial charge in [-0.15, -0.1) is 0 Å². The topological polar surface area (TPSA) is 81.2 Å². The molecule has 1 unspecified atom stereocenters. The first-order valence-corrected chi connectivity index (χ1v) is 8.94. The van der Waals surface area contributed by atoms with Gasteiger partial charge >= 0.3 is 0 Å². The van der Waals surface area contributed by atoms with Crippen LogP contribution >= 0.6 is 0 Å². The van der Waals surface area contributed by atoms with Crippen LogP contribution in [-0.2, 0) is 0 Å². The molecule has 0 aliphatic carbocycles. The second-order valence-corrected chi connectivity index (χ2v) is 7.24. The van der Waals surface area contributed by atoms with Crippen molar-refractivity contribution in [1.29, 1.82) is 0 Å². The van der Waals surface area contributed by atoms with E-state index in [9.17, 15) is 5.11 Å². The number of aromatic amines is 1. The lowest BCUT2D eigenvalue weighted by atomic mass is 9.91. The van der Waals surface area contributed by atoms with Crippen LogP contribution in [0.15, 0.2) is 18.5 Å². The van der Waals surface area contributed by atoms with E-state index in [1.165, 1.54) is 0 Å². The van der Waals surface area contributed by atoms with E-state index < -0.39 is 6.10 Å². The fraction of sp³-hybridized carbons (Fsp3) is 0.611. The van der Waals surface area contributed by atoms with E-state index in [0.29, 0.717) is 11.7 Å². The van der Waals surface area contributed by atoms with Gasteiger partial charge in [-0.05, 0) is 24.7 Å². The number of H-pyrrole nitrogens is 1. The van der Waals surface area contributed by atoms with Crippen LogP contribution in [0.5, 0.6) is 0 Å². The summed E-state index contributed by atoms with van der Waals surface area (Å²) in [7, 11) is 3.93. The summed E-state index contributed by atoms with van der Waals surface area (Å²) in [5, 5.41) is 10.5. The number of aliphatic hydroxyl groups excluding tert-OH is 1. The number of nitrogens with zero attached hydrogens (tertiary/aromatic N) is 5. The van der Waals surface area contributed by atoms with Crippen LogP contribution < -0.4 is 9.80 Å². The van der Waals surface area contributed by atoms with Gasteiger partial charge in [0.1, 0.15) is 17.7 Å². The van der Waals surface area contributed by atoms with Gasteiger partial charge in [-0.3, -0.25) is 0 Å². The fourth-order valence-electron chi connectivity index (χ4n) is 3.20. The Morgan fingerprint density at radius 1 is 1.24 bits per heavy atom. The highest BCUT2D eigenvalue weighted by molar-refractivity contribution is 5.46. The average Bonchev–Trinajstić information content (AvgIpc) is 3.15. The molecule has 25 heavy (non-hydrogen) atoms. The van der Waals surface area contributed by atoms with Gasteiger partial charge in [-0.1, -0.05) is 13.8 Å². The highest BCUT2D eigenvalue weighted by Gasteiger charge is 2.28. The summed E-state index contributed by atoms with van der Waals surface area (Å²) >= 11 is 0. The minimum atomic E-state index is -0.522. The molecule has 2 aromatic heterocycles. The lowest BCUT2D eigenvalue weighted by Crippen LogP contribution is -2.36. The molecule has 0 aromatic carbocycles. The Morgan fingerprint density at radius 2 is 1.96 bits per heavy atom. The minimum Gasteiger partial charge on any atom is -0.385 e. The van der Waals surface area contributed by atoms with Crippen LogP contribution in [0, 0.1) is 5.92 Å². The Labute approximate surface area is 149 Å². The standard InChI is InChI=1S/C18H28N6O/c1-12(2)14-11-15(22-18(21-14)23(3)4)24-9-5-13(6-10-24)16(25)17-19-7-8-20-17/h7-8,11-13,16,25H,5-6,9-10H2,1-4H3,(H,19,20). The molecular weight excluding hydrogens is 316 g/mol. The van der Waals surface area contributed by atoms with Crippen molar-refractivity contribution in [2.75, 3.05) is 37.0 Å². The van der Waals surface area contributed by atoms with Crippen LogP contribution in [0.3, 0.4) is 0 Å². The maximum atomic E-state index is 10.5. The van der Waals surface area contributed by atoms with Crippen LogP contribution in [0.1, 0.15) is 50.2 Å². The zero-order valence-electron chi connectivity index (χ0n) is 15.5. The molecule has 3 heterocycles. The SMILES string of the molecule is CC(C)c1cc(N2CCC(C(O)c3ncc[nH]3)CC2)nc(N(C)C)n1. The van der Waals surface area contributed by atoms with Crippen molar-refractivity contribution in [3.05, 3.63) is 30.0 Å². The van der Waals surface area contributed by atoms with Gasteiger partial charge in [-0.25, -0.2) is 9.97 Å². The monoisotopic (exact) mass is 344 g/mol. The van der Waals surface area contributed by atoms with Crippen molar-refractivity contribution >= 4 is 11.8 Å². The van der Waals surface area contributed by atoms with E-state index in [0.717, 1.165) is 43.4 Å². The smallest absolute Gasteiger partial charge is 0.227 e. The van der Waals surface area contributed by atoms with Crippen molar-refractivity contribution in [2.45, 2.75) is 38.7 Å². The third-order valence-electron chi connectivity index (χ3n) is 4.82. The molecule has 7 nitrogen and oxygen atoms in total. The van der Waals surface area contributed by atoms with Gasteiger partial charge < -0.3 is 19.9 Å². The number of aliphatic hydroxyl groups is 1. The zero-order chi connectivity index (χ0) is 18.0. The van der Waals surface area contributed by atoms with Crippen LogP contribution in [0.25, 0.3) is 0 Å². The molecule has 1 aliphatic heterocycles. The molecule has 1 saturated heterocycles. The first kappa shape index (κ1) is 17.7. The fourth-order valence-corrected chi connectivity index (χ4v) is 3.20. The number of hydrogen-bond acceptors (Lipinski definition) is 6. The molecule has 0 amide bonds. The van der Waals surface area contributed by atoms with Crippen molar-refractivity contribution in [2.24, 2.45) is 5.92 Å². The molecule has 3 rings (SSSR count). The normalized spacial score (nSPS) is 17.1. The zero-order valence-corrected chi connectivity index (χ0v) is 15.5. The molecule has 1 aliphatic rings. The molecular formula is C18H28N6O. The maximum absolute atomic E-state index is 10.5. The molecule has 2 aromatic rings. The highest BCUT2D eigenvalue weighted by atomic mass is 16.3. The number of aromatic nitrogens is 4. The minimum absolute atomic E-state index is 0.224. The quantitative estimate of drug-likeness (QED) is 0.866. The van der Waals surface area contributed by atoms with Crippen molar-refractivity contribution in [1.82, 2.24) is 19.9 Å². The number of anilines is 2. The Balaban J connectivity index is 1.72. The Morgan fingerprint density at radius 3 is 2.52 bits per heavy atom. The van der Waals surface area contributed by atoms with Gasteiger partial charge in [0.05, 0.1) is 5.69 Å². The van der Waals surface area contributed by atoms with Crippen LogP contribution in [0.2, 0.25) is 0 Å². The Bertz CT molecular complexity index is 651. The summed E-state index contributed by atoms with van der Waals surface area (Å²) in [6, 6.07) is 2.10. The molecule has 0 spiro atoms. The predicted octanol–water partition coefficient (Wildman–Crippen LogP) is 2.34. The van der Waals surface area contributed by atoms with Gasteiger partial charge in [0, 0.05) is 45.6 Å². The van der Waals surface area contributed by atoms with Crippen LogP contribution in [-0.4, -0.2) is 52.2 Å². The first-order chi connectivity index (χ1) is 12.0. The molecule has 1 atom stereocenters. The summed E-state index contributed by atoms with van der Waals surface area (Å²) < 4.78 is 0. The van der Waals surface area contributed by atoms with Gasteiger partial charge in [0.2, 0.25) is 5.95 Å². The number of hydrogen-bond donors (Lipinski definition) is 2. The molecule has 7 heteroatoms. The van der Waals surface area contributed by atoms with Crippen molar-refractivity contribution < 1.29 is 5.11 Å². The van der Waals surface area contributed by atoms with E-state index in [4.69, 9.17) is 4.98 Å². The largest absolute Gasteiger partial charge is 0.385 e.